The van der Waals surface area contributed by atoms with Crippen LogP contribution in [0.15, 0.2) is 96.0 Å². The fourth-order valence-electron chi connectivity index (χ4n) is 8.71. The second-order valence-electron chi connectivity index (χ2n) is 17.3. The highest BCUT2D eigenvalue weighted by molar-refractivity contribution is 6.19. The number of fused-ring (bicyclic) bond motifs is 5. The van der Waals surface area contributed by atoms with Crippen molar-refractivity contribution >= 4 is 69.3 Å². The van der Waals surface area contributed by atoms with E-state index in [0.717, 1.165) is 58.0 Å². The molecule has 3 aliphatic rings. The van der Waals surface area contributed by atoms with Crippen molar-refractivity contribution in [2.24, 2.45) is 16.6 Å². The van der Waals surface area contributed by atoms with Crippen LogP contribution in [0.25, 0.3) is 10.8 Å². The Morgan fingerprint density at radius 2 is 1.58 bits per heavy atom. The van der Waals surface area contributed by atoms with E-state index in [1.54, 1.807) is 38.3 Å². The maximum Gasteiger partial charge on any atom is 0.256 e. The first-order chi connectivity index (χ1) is 31.4. The molecule has 5 aromatic rings. The summed E-state index contributed by atoms with van der Waals surface area (Å²) in [4.78, 5) is 61.4. The second-order valence-corrected chi connectivity index (χ2v) is 17.6. The molecule has 13 nitrogen and oxygen atoms in total. The van der Waals surface area contributed by atoms with Gasteiger partial charge in [-0.2, -0.15) is 0 Å². The first-order valence-corrected chi connectivity index (χ1v) is 22.7. The normalized spacial score (nSPS) is 17.4. The molecule has 0 aromatic heterocycles. The van der Waals surface area contributed by atoms with E-state index in [2.05, 4.69) is 10.6 Å². The van der Waals surface area contributed by atoms with Gasteiger partial charge in [0, 0.05) is 54.3 Å². The number of benzene rings is 5. The lowest BCUT2D eigenvalue weighted by Gasteiger charge is -2.32. The van der Waals surface area contributed by atoms with Gasteiger partial charge in [0.15, 0.2) is 11.5 Å². The number of hydrogen-bond acceptors (Lipinski definition) is 9. The van der Waals surface area contributed by atoms with Gasteiger partial charge < -0.3 is 40.4 Å². The smallest absolute Gasteiger partial charge is 0.256 e. The number of nitrogens with one attached hydrogen (secondary N) is 2. The summed E-state index contributed by atoms with van der Waals surface area (Å²) in [6.45, 7) is 6.91. The van der Waals surface area contributed by atoms with Crippen molar-refractivity contribution in [2.45, 2.75) is 83.7 Å². The van der Waals surface area contributed by atoms with Gasteiger partial charge in [-0.15, -0.1) is 11.6 Å². The zero-order valence-electron chi connectivity index (χ0n) is 37.1. The summed E-state index contributed by atoms with van der Waals surface area (Å²) in [6, 6.07) is 27.0. The summed E-state index contributed by atoms with van der Waals surface area (Å²) in [5.41, 5.74) is 11.9. The number of nitrogens with two attached hydrogens (primary N) is 1. The van der Waals surface area contributed by atoms with Crippen molar-refractivity contribution in [3.05, 3.63) is 119 Å². The number of carbonyl (C=O) groups is 4. The molecule has 4 atom stereocenters. The Morgan fingerprint density at radius 3 is 2.34 bits per heavy atom. The summed E-state index contributed by atoms with van der Waals surface area (Å²) in [5, 5.41) is 7.41. The summed E-state index contributed by atoms with van der Waals surface area (Å²) in [5.74, 6) is 0.926. The molecule has 0 saturated carbocycles. The number of amides is 4. The third kappa shape index (κ3) is 9.81. The van der Waals surface area contributed by atoms with Crippen molar-refractivity contribution in [3.63, 3.8) is 0 Å². The van der Waals surface area contributed by atoms with E-state index >= 15 is 0 Å². The second kappa shape index (κ2) is 19.7. The van der Waals surface area contributed by atoms with Gasteiger partial charge in [0.1, 0.15) is 25.0 Å². The van der Waals surface area contributed by atoms with Crippen LogP contribution in [0, 0.1) is 5.92 Å². The van der Waals surface area contributed by atoms with E-state index in [-0.39, 0.29) is 61.1 Å². The molecule has 3 heterocycles. The lowest BCUT2D eigenvalue weighted by molar-refractivity contribution is -0.127. The van der Waals surface area contributed by atoms with Gasteiger partial charge in [-0.05, 0) is 77.9 Å². The Kier molecular flexibility index (Phi) is 13.7. The fraction of sp³-hybridized carbons (Fsp3) is 0.353. The van der Waals surface area contributed by atoms with Crippen LogP contribution >= 0.6 is 11.6 Å². The number of aliphatic imine (C=N–C) groups is 1. The molecule has 338 valence electrons. The van der Waals surface area contributed by atoms with E-state index in [4.69, 9.17) is 36.5 Å². The van der Waals surface area contributed by atoms with E-state index < -0.39 is 12.1 Å². The monoisotopic (exact) mass is 898 g/mol. The van der Waals surface area contributed by atoms with Gasteiger partial charge in [0.25, 0.3) is 5.91 Å². The molecule has 0 radical (unpaired) electrons. The predicted molar refractivity (Wildman–Crippen MR) is 254 cm³/mol. The number of rotatable bonds is 15. The van der Waals surface area contributed by atoms with Crippen LogP contribution in [0.5, 0.6) is 17.2 Å². The number of methoxy groups -OCH3 is 1. The molecule has 1 fully saturated rings. The maximum atomic E-state index is 14.3. The highest BCUT2D eigenvalue weighted by Gasteiger charge is 2.35. The molecule has 4 N–H and O–H groups in total. The minimum absolute atomic E-state index is 0.0117. The lowest BCUT2D eigenvalue weighted by Crippen LogP contribution is -2.50. The largest absolute Gasteiger partial charge is 0.493 e. The zero-order valence-corrected chi connectivity index (χ0v) is 37.9. The van der Waals surface area contributed by atoms with Crippen molar-refractivity contribution in [1.82, 2.24) is 10.2 Å². The number of anilines is 2. The van der Waals surface area contributed by atoms with Crippen LogP contribution in [0.1, 0.15) is 78.6 Å². The molecule has 0 spiro atoms. The third-order valence-electron chi connectivity index (χ3n) is 12.5. The van der Waals surface area contributed by atoms with Crippen molar-refractivity contribution < 1.29 is 33.4 Å². The van der Waals surface area contributed by atoms with E-state index in [1.807, 2.05) is 96.6 Å². The number of piperidine rings is 1. The SMILES string of the molecule is COc1cc2c(cc1OCc1cccc(CC(=O)N3C[C@@H](CCl)c4c3cc(OCc3ccc(NC(=O)[C@H](C)NC(=O)[C@@H](N)C(C)C)cc3)c3ccccc43)c1)N=C[C@@H]1CCCCN1C2=O. The highest BCUT2D eigenvalue weighted by atomic mass is 35.5. The minimum Gasteiger partial charge on any atom is -0.493 e. The molecule has 4 amide bonds. The summed E-state index contributed by atoms with van der Waals surface area (Å²) in [7, 11) is 1.56. The number of ether oxygens (including phenoxy) is 3. The molecular formula is C51H55ClN6O7. The summed E-state index contributed by atoms with van der Waals surface area (Å²) in [6.07, 6.45) is 4.96. The first-order valence-electron chi connectivity index (χ1n) is 22.2. The average molecular weight is 899 g/mol. The molecule has 0 bridgehead atoms. The molecule has 0 aliphatic carbocycles. The van der Waals surface area contributed by atoms with Gasteiger partial charge in [0.2, 0.25) is 17.7 Å². The first kappa shape index (κ1) is 45.1. The molecule has 5 aromatic carbocycles. The van der Waals surface area contributed by atoms with Crippen molar-refractivity contribution in [2.75, 3.05) is 36.3 Å². The number of hydrogen-bond donors (Lipinski definition) is 3. The Labute approximate surface area is 384 Å². The molecule has 3 aliphatic heterocycles. The Bertz CT molecular complexity index is 2630. The Hall–Kier alpha value is -6.44. The lowest BCUT2D eigenvalue weighted by atomic mass is 9.95. The van der Waals surface area contributed by atoms with Gasteiger partial charge >= 0.3 is 0 Å². The van der Waals surface area contributed by atoms with Crippen LogP contribution in [0.3, 0.4) is 0 Å². The van der Waals surface area contributed by atoms with Crippen molar-refractivity contribution in [3.8, 4) is 17.2 Å². The minimum atomic E-state index is -0.770. The van der Waals surface area contributed by atoms with Crippen LogP contribution in [0.4, 0.5) is 17.1 Å². The maximum absolute atomic E-state index is 14.3. The topological polar surface area (TPSA) is 165 Å². The number of halogens is 1. The van der Waals surface area contributed by atoms with Gasteiger partial charge in [-0.3, -0.25) is 24.2 Å². The van der Waals surface area contributed by atoms with Crippen LogP contribution in [-0.4, -0.2) is 78.9 Å². The van der Waals surface area contributed by atoms with Crippen molar-refractivity contribution in [1.29, 1.82) is 0 Å². The average Bonchev–Trinajstić information content (AvgIpc) is 3.64. The van der Waals surface area contributed by atoms with E-state index in [1.165, 1.54) is 0 Å². The molecule has 1 saturated heterocycles. The van der Waals surface area contributed by atoms with Crippen LogP contribution in [-0.2, 0) is 34.0 Å². The molecule has 8 rings (SSSR count). The third-order valence-corrected chi connectivity index (χ3v) is 12.8. The molecule has 14 heteroatoms. The Morgan fingerprint density at radius 1 is 0.846 bits per heavy atom. The van der Waals surface area contributed by atoms with Crippen LogP contribution in [0.2, 0.25) is 0 Å². The van der Waals surface area contributed by atoms with Crippen LogP contribution < -0.4 is 35.5 Å². The molecule has 65 heavy (non-hydrogen) atoms. The molecule has 0 unspecified atom stereocenters. The van der Waals surface area contributed by atoms with E-state index in [0.29, 0.717) is 53.2 Å². The van der Waals surface area contributed by atoms with Gasteiger partial charge in [-0.1, -0.05) is 74.5 Å². The van der Waals surface area contributed by atoms with E-state index in [9.17, 15) is 19.2 Å². The Balaban J connectivity index is 0.944. The predicted octanol–water partition coefficient (Wildman–Crippen LogP) is 8.06. The number of nitrogens with zero attached hydrogens (tertiary/aromatic N) is 3. The van der Waals surface area contributed by atoms with Gasteiger partial charge in [0.05, 0.1) is 42.6 Å². The zero-order chi connectivity index (χ0) is 45.8. The summed E-state index contributed by atoms with van der Waals surface area (Å²) < 4.78 is 18.5. The standard InChI is InChI=1S/C51H55ClN6O7/c1-30(2)48(53)50(61)55-31(3)49(60)56-36-17-15-32(16-18-36)28-64-43-24-42-47(39-14-6-5-13-38(39)43)35(25-52)27-58(42)46(59)21-33-10-9-11-34(20-33)29-65-45-23-41-40(22-44(45)63-4)51(62)57-19-8-7-12-37(57)26-54-41/h5-6,9-11,13-18,20,22-24,26,30-31,35,37,48H,7-8,12,19,21,25,27-29,53H2,1-4H3,(H,55,61)(H,56,60)/t31-,35+,37-,48-/m0/s1. The fourth-order valence-corrected chi connectivity index (χ4v) is 8.97. The summed E-state index contributed by atoms with van der Waals surface area (Å²) >= 11 is 6.60. The molecular weight excluding hydrogens is 844 g/mol. The number of carbonyl (C=O) groups excluding carboxylic acids is 4. The highest BCUT2D eigenvalue weighted by Crippen LogP contribution is 2.46. The number of alkyl halides is 1. The van der Waals surface area contributed by atoms with Gasteiger partial charge in [-0.25, -0.2) is 0 Å². The quantitative estimate of drug-likeness (QED) is 0.0889.